The molecule has 0 heterocycles. The van der Waals surface area contributed by atoms with Crippen LogP contribution in [0.25, 0.3) is 0 Å². The monoisotopic (exact) mass is 720 g/mol. The van der Waals surface area contributed by atoms with E-state index >= 15 is 0 Å². The number of aliphatic carboxylic acids is 1. The Morgan fingerprint density at radius 3 is 1.54 bits per heavy atom. The zero-order chi connectivity index (χ0) is 38.0. The molecule has 0 fully saturated rings. The van der Waals surface area contributed by atoms with E-state index in [1.165, 1.54) is 44.9 Å². The predicted octanol–water partition coefficient (Wildman–Crippen LogP) is 12.6. The summed E-state index contributed by atoms with van der Waals surface area (Å²) < 4.78 is 5.82. The molecule has 292 valence electrons. The lowest BCUT2D eigenvalue weighted by Crippen LogP contribution is -2.28. The molecule has 0 radical (unpaired) electrons. The van der Waals surface area contributed by atoms with Gasteiger partial charge in [-0.05, 0) is 102 Å². The number of rotatable bonds is 35. The Bertz CT molecular complexity index is 1110. The number of esters is 1. The standard InChI is InChI=1S/C46H73NO5/c1-3-5-7-9-11-13-15-17-19-20-21-22-23-25-27-29-31-33-35-41-46(51)52-43(39-36-37-40-44(48)47-42-45(49)50)38-34-32-30-28-26-24-18-16-14-12-10-8-6-4-2/h6,8,11-14,17-19,21-22,24,28,30,34,38,43H,3-5,7,9-10,15-16,20,23,25-27,29,31-33,35-37,39-42H2,1-2H3,(H,47,48)(H,49,50)/b8-6-,13-11-,14-12-,19-17-,22-21-,24-18-,30-28-,38-34-. The van der Waals surface area contributed by atoms with Crippen molar-refractivity contribution in [1.82, 2.24) is 5.32 Å². The summed E-state index contributed by atoms with van der Waals surface area (Å²) in [5.74, 6) is -1.51. The van der Waals surface area contributed by atoms with Crippen LogP contribution in [0.15, 0.2) is 97.2 Å². The molecule has 0 aliphatic rings. The molecule has 1 unspecified atom stereocenters. The first-order valence-corrected chi connectivity index (χ1v) is 20.4. The van der Waals surface area contributed by atoms with E-state index in [-0.39, 0.29) is 30.9 Å². The molecule has 0 spiro atoms. The fourth-order valence-electron chi connectivity index (χ4n) is 5.23. The van der Waals surface area contributed by atoms with Gasteiger partial charge in [0.25, 0.3) is 0 Å². The SMILES string of the molecule is CC/C=C\C/C=C\C/C=C\C/C=C\C/C=C\C(CCCCC(=O)NCC(=O)O)OC(=O)CCCCCCCC/C=C\C/C=C\C/C=C\CCCCC. The van der Waals surface area contributed by atoms with E-state index in [4.69, 9.17) is 9.84 Å². The van der Waals surface area contributed by atoms with Gasteiger partial charge in [-0.1, -0.05) is 144 Å². The van der Waals surface area contributed by atoms with Crippen LogP contribution in [-0.4, -0.2) is 35.6 Å². The lowest BCUT2D eigenvalue weighted by molar-refractivity contribution is -0.147. The van der Waals surface area contributed by atoms with Crippen LogP contribution in [0.1, 0.15) is 162 Å². The summed E-state index contributed by atoms with van der Waals surface area (Å²) in [4.78, 5) is 35.1. The second-order valence-electron chi connectivity index (χ2n) is 13.2. The summed E-state index contributed by atoms with van der Waals surface area (Å²) in [7, 11) is 0. The molecule has 0 aromatic carbocycles. The number of carbonyl (C=O) groups excluding carboxylic acids is 2. The summed E-state index contributed by atoms with van der Waals surface area (Å²) in [6, 6.07) is 0. The van der Waals surface area contributed by atoms with E-state index in [2.05, 4.69) is 104 Å². The summed E-state index contributed by atoms with van der Waals surface area (Å²) >= 11 is 0. The minimum Gasteiger partial charge on any atom is -0.480 e. The molecular formula is C46H73NO5. The van der Waals surface area contributed by atoms with Gasteiger partial charge < -0.3 is 15.2 Å². The maximum atomic E-state index is 12.7. The average Bonchev–Trinajstić information content (AvgIpc) is 3.13. The lowest BCUT2D eigenvalue weighted by atomic mass is 10.1. The van der Waals surface area contributed by atoms with E-state index in [0.717, 1.165) is 70.6 Å². The van der Waals surface area contributed by atoms with E-state index < -0.39 is 5.97 Å². The molecule has 2 N–H and O–H groups in total. The molecule has 0 aliphatic carbocycles. The molecular weight excluding hydrogens is 647 g/mol. The van der Waals surface area contributed by atoms with Crippen molar-refractivity contribution in [1.29, 1.82) is 0 Å². The van der Waals surface area contributed by atoms with Crippen molar-refractivity contribution in [2.45, 2.75) is 168 Å². The van der Waals surface area contributed by atoms with Crippen LogP contribution in [0.3, 0.4) is 0 Å². The van der Waals surface area contributed by atoms with Gasteiger partial charge in [0.2, 0.25) is 5.91 Å². The maximum Gasteiger partial charge on any atom is 0.322 e. The number of hydrogen-bond donors (Lipinski definition) is 2. The van der Waals surface area contributed by atoms with Gasteiger partial charge in [0.1, 0.15) is 12.6 Å². The van der Waals surface area contributed by atoms with Gasteiger partial charge in [0, 0.05) is 12.8 Å². The number of unbranched alkanes of at least 4 members (excludes halogenated alkanes) is 10. The van der Waals surface area contributed by atoms with Crippen LogP contribution in [0.2, 0.25) is 0 Å². The lowest BCUT2D eigenvalue weighted by Gasteiger charge is -2.14. The first-order chi connectivity index (χ1) is 25.5. The van der Waals surface area contributed by atoms with Gasteiger partial charge in [-0.3, -0.25) is 14.4 Å². The zero-order valence-corrected chi connectivity index (χ0v) is 32.9. The number of hydrogen-bond acceptors (Lipinski definition) is 4. The third-order valence-corrected chi connectivity index (χ3v) is 8.22. The molecule has 0 saturated heterocycles. The Morgan fingerprint density at radius 1 is 0.538 bits per heavy atom. The summed E-state index contributed by atoms with van der Waals surface area (Å²) in [6.07, 6.45) is 56.7. The second-order valence-corrected chi connectivity index (χ2v) is 13.2. The highest BCUT2D eigenvalue weighted by Crippen LogP contribution is 2.14. The molecule has 0 aromatic heterocycles. The van der Waals surface area contributed by atoms with E-state index in [9.17, 15) is 14.4 Å². The summed E-state index contributed by atoms with van der Waals surface area (Å²) in [6.45, 7) is 4.01. The quantitative estimate of drug-likeness (QED) is 0.0386. The second kappa shape index (κ2) is 40.1. The van der Waals surface area contributed by atoms with Crippen molar-refractivity contribution in [3.05, 3.63) is 97.2 Å². The van der Waals surface area contributed by atoms with Crippen molar-refractivity contribution in [3.8, 4) is 0 Å². The zero-order valence-electron chi connectivity index (χ0n) is 32.9. The number of carboxylic acid groups (broad SMARTS) is 1. The van der Waals surface area contributed by atoms with Crippen LogP contribution in [0.5, 0.6) is 0 Å². The molecule has 0 bridgehead atoms. The largest absolute Gasteiger partial charge is 0.480 e. The number of allylic oxidation sites excluding steroid dienone is 15. The average molecular weight is 720 g/mol. The topological polar surface area (TPSA) is 92.7 Å². The van der Waals surface area contributed by atoms with Crippen LogP contribution in [0.4, 0.5) is 0 Å². The Kier molecular flexibility index (Phi) is 37.3. The molecule has 0 aromatic rings. The van der Waals surface area contributed by atoms with Gasteiger partial charge in [-0.25, -0.2) is 0 Å². The minimum absolute atomic E-state index is 0.174. The van der Waals surface area contributed by atoms with Gasteiger partial charge in [-0.2, -0.15) is 0 Å². The Balaban J connectivity index is 4.32. The summed E-state index contributed by atoms with van der Waals surface area (Å²) in [5.41, 5.74) is 0. The molecule has 0 aliphatic heterocycles. The highest BCUT2D eigenvalue weighted by molar-refractivity contribution is 5.81. The Labute approximate surface area is 318 Å². The van der Waals surface area contributed by atoms with Crippen molar-refractivity contribution in [2.24, 2.45) is 0 Å². The predicted molar refractivity (Wildman–Crippen MR) is 221 cm³/mol. The first-order valence-electron chi connectivity index (χ1n) is 20.4. The molecule has 1 amide bonds. The maximum absolute atomic E-state index is 12.7. The van der Waals surface area contributed by atoms with Crippen LogP contribution in [0, 0.1) is 0 Å². The molecule has 52 heavy (non-hydrogen) atoms. The van der Waals surface area contributed by atoms with Crippen molar-refractivity contribution in [3.63, 3.8) is 0 Å². The number of nitrogens with one attached hydrogen (secondary N) is 1. The van der Waals surface area contributed by atoms with Gasteiger partial charge in [0.15, 0.2) is 0 Å². The molecule has 6 nitrogen and oxygen atoms in total. The summed E-state index contributed by atoms with van der Waals surface area (Å²) in [5, 5.41) is 11.1. The molecule has 0 saturated carbocycles. The number of carboxylic acids is 1. The van der Waals surface area contributed by atoms with E-state index in [0.29, 0.717) is 25.7 Å². The number of amides is 1. The van der Waals surface area contributed by atoms with Gasteiger partial charge >= 0.3 is 11.9 Å². The van der Waals surface area contributed by atoms with Crippen molar-refractivity contribution in [2.75, 3.05) is 6.54 Å². The first kappa shape index (κ1) is 48.3. The molecule has 0 rings (SSSR count). The van der Waals surface area contributed by atoms with Crippen LogP contribution >= 0.6 is 0 Å². The highest BCUT2D eigenvalue weighted by atomic mass is 16.5. The fourth-order valence-corrected chi connectivity index (χ4v) is 5.23. The Hall–Kier alpha value is -3.67. The van der Waals surface area contributed by atoms with E-state index in [1.807, 2.05) is 12.2 Å². The van der Waals surface area contributed by atoms with Gasteiger partial charge in [0.05, 0.1) is 0 Å². The van der Waals surface area contributed by atoms with Crippen molar-refractivity contribution < 1.29 is 24.2 Å². The van der Waals surface area contributed by atoms with Crippen molar-refractivity contribution >= 4 is 17.8 Å². The highest BCUT2D eigenvalue weighted by Gasteiger charge is 2.12. The third kappa shape index (κ3) is 39.1. The molecule has 1 atom stereocenters. The normalized spacial score (nSPS) is 13.1. The van der Waals surface area contributed by atoms with Gasteiger partial charge in [-0.15, -0.1) is 0 Å². The Morgan fingerprint density at radius 2 is 1.00 bits per heavy atom. The smallest absolute Gasteiger partial charge is 0.322 e. The number of carbonyl (C=O) groups is 3. The number of ether oxygens (including phenoxy) is 1. The van der Waals surface area contributed by atoms with Crippen LogP contribution in [-0.2, 0) is 19.1 Å². The molecule has 6 heteroatoms. The minimum atomic E-state index is -1.06. The van der Waals surface area contributed by atoms with Crippen LogP contribution < -0.4 is 5.32 Å². The van der Waals surface area contributed by atoms with E-state index in [1.54, 1.807) is 0 Å². The fraction of sp³-hybridized carbons (Fsp3) is 0.587. The third-order valence-electron chi connectivity index (χ3n) is 8.22.